The lowest BCUT2D eigenvalue weighted by Crippen LogP contribution is -2.41. The molecule has 1 aliphatic rings. The van der Waals surface area contributed by atoms with E-state index < -0.39 is 18.9 Å². The maximum absolute atomic E-state index is 13.1. The van der Waals surface area contributed by atoms with E-state index in [0.717, 1.165) is 12.8 Å². The van der Waals surface area contributed by atoms with Crippen LogP contribution in [0, 0.1) is 0 Å². The molecule has 1 unspecified atom stereocenters. The van der Waals surface area contributed by atoms with Gasteiger partial charge in [0.2, 0.25) is 0 Å². The van der Waals surface area contributed by atoms with Crippen molar-refractivity contribution in [2.45, 2.75) is 32.0 Å². The molecule has 4 nitrogen and oxygen atoms in total. The molecule has 0 bridgehead atoms. The molecule has 1 rings (SSSR count). The molecule has 1 atom stereocenters. The van der Waals surface area contributed by atoms with Crippen LogP contribution in [0.3, 0.4) is 0 Å². The Kier molecular flexibility index (Phi) is 5.14. The van der Waals surface area contributed by atoms with Crippen LogP contribution in [0.2, 0.25) is 0 Å². The maximum atomic E-state index is 13.1. The highest BCUT2D eigenvalue weighted by Crippen LogP contribution is 2.29. The highest BCUT2D eigenvalue weighted by molar-refractivity contribution is 6.32. The van der Waals surface area contributed by atoms with Gasteiger partial charge in [-0.2, -0.15) is 0 Å². The maximum Gasteiger partial charge on any atom is 0.636 e. The first-order valence-electron chi connectivity index (χ1n) is 5.30. The molecule has 16 heavy (non-hydrogen) atoms. The first-order valence-corrected chi connectivity index (χ1v) is 5.30. The second kappa shape index (κ2) is 6.15. The fourth-order valence-electron chi connectivity index (χ4n) is 1.43. The van der Waals surface area contributed by atoms with Crippen molar-refractivity contribution in [2.24, 2.45) is 0 Å². The van der Waals surface area contributed by atoms with Crippen LogP contribution in [0.1, 0.15) is 26.2 Å². The van der Waals surface area contributed by atoms with Gasteiger partial charge in [-0.1, -0.05) is 19.4 Å². The summed E-state index contributed by atoms with van der Waals surface area (Å²) in [6, 6.07) is 0. The standard InChI is InChI=1S/C10H16BFO4/c1-2-3-7-15-10(16-11(13)14)6-4-5-9(12)8-10/h4-6,13-14H,2-3,7-8H2,1H3. The number of hydrogen-bond acceptors (Lipinski definition) is 4. The van der Waals surface area contributed by atoms with Gasteiger partial charge in [0.1, 0.15) is 5.83 Å². The Morgan fingerprint density at radius 3 is 2.88 bits per heavy atom. The van der Waals surface area contributed by atoms with Gasteiger partial charge < -0.3 is 19.4 Å². The van der Waals surface area contributed by atoms with Gasteiger partial charge in [0, 0.05) is 0 Å². The van der Waals surface area contributed by atoms with Crippen molar-refractivity contribution < 1.29 is 23.8 Å². The summed E-state index contributed by atoms with van der Waals surface area (Å²) in [5.41, 5.74) is 0. The summed E-state index contributed by atoms with van der Waals surface area (Å²) in [5.74, 6) is -1.82. The third-order valence-corrected chi connectivity index (χ3v) is 2.19. The normalized spacial score (nSPS) is 24.4. The first kappa shape index (κ1) is 13.4. The third kappa shape index (κ3) is 4.06. The third-order valence-electron chi connectivity index (χ3n) is 2.19. The smallest absolute Gasteiger partial charge is 0.402 e. The van der Waals surface area contributed by atoms with E-state index in [2.05, 4.69) is 0 Å². The van der Waals surface area contributed by atoms with Gasteiger partial charge in [-0.25, -0.2) is 4.39 Å². The summed E-state index contributed by atoms with van der Waals surface area (Å²) in [6.45, 7) is 2.37. The first-order chi connectivity index (χ1) is 7.58. The Hall–Kier alpha value is -0.685. The highest BCUT2D eigenvalue weighted by Gasteiger charge is 2.36. The molecule has 0 heterocycles. The fraction of sp³-hybridized carbons (Fsp3) is 0.600. The Balaban J connectivity index is 2.62. The van der Waals surface area contributed by atoms with E-state index in [1.807, 2.05) is 6.92 Å². The average molecular weight is 230 g/mol. The zero-order valence-electron chi connectivity index (χ0n) is 9.23. The molecule has 0 amide bonds. The minimum absolute atomic E-state index is 0.148. The minimum Gasteiger partial charge on any atom is -0.402 e. The topological polar surface area (TPSA) is 58.9 Å². The molecule has 1 aliphatic carbocycles. The van der Waals surface area contributed by atoms with Crippen molar-refractivity contribution in [3.8, 4) is 0 Å². The number of allylic oxidation sites excluding steroid dienone is 2. The van der Waals surface area contributed by atoms with E-state index in [-0.39, 0.29) is 6.42 Å². The van der Waals surface area contributed by atoms with Crippen LogP contribution >= 0.6 is 0 Å². The van der Waals surface area contributed by atoms with Crippen molar-refractivity contribution in [1.82, 2.24) is 0 Å². The fourth-order valence-corrected chi connectivity index (χ4v) is 1.43. The lowest BCUT2D eigenvalue weighted by molar-refractivity contribution is -0.167. The Morgan fingerprint density at radius 2 is 2.31 bits per heavy atom. The average Bonchev–Trinajstić information content (AvgIpc) is 2.16. The van der Waals surface area contributed by atoms with Crippen LogP contribution in [0.25, 0.3) is 0 Å². The molecule has 2 N–H and O–H groups in total. The molecule has 0 aliphatic heterocycles. The number of halogens is 1. The van der Waals surface area contributed by atoms with E-state index in [0.29, 0.717) is 6.61 Å². The Morgan fingerprint density at radius 1 is 1.56 bits per heavy atom. The van der Waals surface area contributed by atoms with E-state index >= 15 is 0 Å². The summed E-state index contributed by atoms with van der Waals surface area (Å²) in [4.78, 5) is 0. The molecule has 0 spiro atoms. The van der Waals surface area contributed by atoms with E-state index in [1.165, 1.54) is 18.2 Å². The molecule has 6 heteroatoms. The summed E-state index contributed by atoms with van der Waals surface area (Å²) in [6.07, 6.45) is 5.78. The van der Waals surface area contributed by atoms with Gasteiger partial charge in [-0.15, -0.1) is 0 Å². The SMILES string of the molecule is CCCCOC1(OB(O)O)C=CC=C(F)C1. The van der Waals surface area contributed by atoms with Gasteiger partial charge in [-0.3, -0.25) is 0 Å². The van der Waals surface area contributed by atoms with Crippen molar-refractivity contribution in [3.63, 3.8) is 0 Å². The van der Waals surface area contributed by atoms with Gasteiger partial charge in [-0.05, 0) is 18.6 Å². The molecule has 0 saturated carbocycles. The number of hydrogen-bond donors (Lipinski definition) is 2. The van der Waals surface area contributed by atoms with Crippen molar-refractivity contribution in [1.29, 1.82) is 0 Å². The van der Waals surface area contributed by atoms with Crippen molar-refractivity contribution >= 4 is 7.32 Å². The molecule has 90 valence electrons. The summed E-state index contributed by atoms with van der Waals surface area (Å²) in [7, 11) is -1.99. The van der Waals surface area contributed by atoms with Crippen LogP contribution in [0.5, 0.6) is 0 Å². The van der Waals surface area contributed by atoms with Crippen molar-refractivity contribution in [2.75, 3.05) is 6.61 Å². The second-order valence-corrected chi connectivity index (χ2v) is 3.61. The molecule has 0 aromatic heterocycles. The Bertz CT molecular complexity index is 280. The van der Waals surface area contributed by atoms with E-state index in [1.54, 1.807) is 0 Å². The van der Waals surface area contributed by atoms with Crippen LogP contribution in [-0.4, -0.2) is 29.8 Å². The monoisotopic (exact) mass is 230 g/mol. The predicted molar refractivity (Wildman–Crippen MR) is 57.8 cm³/mol. The Labute approximate surface area is 94.5 Å². The largest absolute Gasteiger partial charge is 0.636 e. The number of unbranched alkanes of at least 4 members (excludes halogenated alkanes) is 1. The molecule has 0 aromatic rings. The predicted octanol–water partition coefficient (Wildman–Crippen LogP) is 1.30. The lowest BCUT2D eigenvalue weighted by atomic mass is 10.0. The van der Waals surface area contributed by atoms with Crippen LogP contribution in [0.15, 0.2) is 24.1 Å². The van der Waals surface area contributed by atoms with E-state index in [4.69, 9.17) is 19.4 Å². The van der Waals surface area contributed by atoms with Gasteiger partial charge in [0.15, 0.2) is 5.79 Å². The summed E-state index contributed by atoms with van der Waals surface area (Å²) >= 11 is 0. The van der Waals surface area contributed by atoms with Gasteiger partial charge in [0.25, 0.3) is 0 Å². The minimum atomic E-state index is -1.99. The molecular formula is C10H16BFO4. The molecule has 0 fully saturated rings. The molecular weight excluding hydrogens is 214 g/mol. The number of ether oxygens (including phenoxy) is 1. The quantitative estimate of drug-likeness (QED) is 0.410. The van der Waals surface area contributed by atoms with Crippen LogP contribution in [-0.2, 0) is 9.39 Å². The molecule has 0 radical (unpaired) electrons. The molecule has 0 aromatic carbocycles. The zero-order chi connectivity index (χ0) is 12.0. The summed E-state index contributed by atoms with van der Waals surface area (Å²) < 4.78 is 23.3. The lowest BCUT2D eigenvalue weighted by Gasteiger charge is -2.32. The van der Waals surface area contributed by atoms with E-state index in [9.17, 15) is 4.39 Å². The van der Waals surface area contributed by atoms with Crippen LogP contribution < -0.4 is 0 Å². The molecule has 0 saturated heterocycles. The summed E-state index contributed by atoms with van der Waals surface area (Å²) in [5, 5.41) is 17.6. The van der Waals surface area contributed by atoms with Gasteiger partial charge in [0.05, 0.1) is 13.0 Å². The number of rotatable bonds is 6. The zero-order valence-corrected chi connectivity index (χ0v) is 9.23. The van der Waals surface area contributed by atoms with Gasteiger partial charge >= 0.3 is 7.32 Å². The highest BCUT2D eigenvalue weighted by atomic mass is 19.1. The van der Waals surface area contributed by atoms with Crippen molar-refractivity contribution in [3.05, 3.63) is 24.1 Å². The second-order valence-electron chi connectivity index (χ2n) is 3.61. The van der Waals surface area contributed by atoms with Crippen LogP contribution in [0.4, 0.5) is 4.39 Å².